The summed E-state index contributed by atoms with van der Waals surface area (Å²) < 4.78 is 17.8. The largest absolute Gasteiger partial charge is 0.468 e. The van der Waals surface area contributed by atoms with E-state index in [1.54, 1.807) is 12.1 Å². The van der Waals surface area contributed by atoms with E-state index in [0.717, 1.165) is 0 Å². The fraction of sp³-hybridized carbons (Fsp3) is 0.429. The molecule has 0 radical (unpaired) electrons. The van der Waals surface area contributed by atoms with E-state index in [2.05, 4.69) is 0 Å². The van der Waals surface area contributed by atoms with Crippen LogP contribution in [-0.4, -0.2) is 37.0 Å². The molecule has 0 bridgehead atoms. The van der Waals surface area contributed by atoms with Crippen molar-refractivity contribution in [3.63, 3.8) is 0 Å². The Bertz CT molecular complexity index is 504. The topological polar surface area (TPSA) is 72.6 Å². The standard InChI is InChI=1S/C14H17FN2O3/c1-20-14(19)12(9-2-4-11(15)5-3-9)17-7-6-10(8-17)13(16)18/h2-5,10,12H,6-8H2,1H3,(H2,16,18)/t10-,12-/m1/s1. The number of esters is 1. The van der Waals surface area contributed by atoms with E-state index in [1.165, 1.54) is 19.2 Å². The summed E-state index contributed by atoms with van der Waals surface area (Å²) in [6.45, 7) is 0.983. The third-order valence-corrected chi connectivity index (χ3v) is 3.60. The molecule has 2 atom stereocenters. The first-order valence-corrected chi connectivity index (χ1v) is 6.39. The molecule has 1 aromatic rings. The highest BCUT2D eigenvalue weighted by molar-refractivity contribution is 5.79. The molecule has 0 unspecified atom stereocenters. The summed E-state index contributed by atoms with van der Waals surface area (Å²) in [6, 6.07) is 5.06. The van der Waals surface area contributed by atoms with Gasteiger partial charge in [0.15, 0.2) is 0 Å². The fourth-order valence-electron chi connectivity index (χ4n) is 2.51. The number of hydrogen-bond acceptors (Lipinski definition) is 4. The second-order valence-electron chi connectivity index (χ2n) is 4.86. The van der Waals surface area contributed by atoms with Crippen molar-refractivity contribution in [2.75, 3.05) is 20.2 Å². The molecule has 108 valence electrons. The maximum absolute atomic E-state index is 13.0. The monoisotopic (exact) mass is 280 g/mol. The van der Waals surface area contributed by atoms with Crippen LogP contribution >= 0.6 is 0 Å². The Balaban J connectivity index is 2.23. The fourth-order valence-corrected chi connectivity index (χ4v) is 2.51. The molecule has 1 aromatic carbocycles. The van der Waals surface area contributed by atoms with Crippen molar-refractivity contribution in [1.82, 2.24) is 4.90 Å². The van der Waals surface area contributed by atoms with Gasteiger partial charge in [-0.2, -0.15) is 0 Å². The van der Waals surface area contributed by atoms with Gasteiger partial charge in [-0.25, -0.2) is 9.18 Å². The minimum absolute atomic E-state index is 0.261. The van der Waals surface area contributed by atoms with Crippen LogP contribution in [0.3, 0.4) is 0 Å². The number of hydrogen-bond donors (Lipinski definition) is 1. The molecule has 0 aromatic heterocycles. The first-order chi connectivity index (χ1) is 9.52. The number of methoxy groups -OCH3 is 1. The van der Waals surface area contributed by atoms with Crippen LogP contribution in [0.2, 0.25) is 0 Å². The van der Waals surface area contributed by atoms with Crippen molar-refractivity contribution in [2.24, 2.45) is 11.7 Å². The molecular weight excluding hydrogens is 263 g/mol. The van der Waals surface area contributed by atoms with Gasteiger partial charge < -0.3 is 10.5 Å². The van der Waals surface area contributed by atoms with Gasteiger partial charge in [0, 0.05) is 13.1 Å². The van der Waals surface area contributed by atoms with Crippen molar-refractivity contribution in [1.29, 1.82) is 0 Å². The Morgan fingerprint density at radius 2 is 2.05 bits per heavy atom. The molecule has 0 saturated carbocycles. The predicted molar refractivity (Wildman–Crippen MR) is 70.0 cm³/mol. The molecule has 6 heteroatoms. The van der Waals surface area contributed by atoms with Crippen LogP contribution in [0.4, 0.5) is 4.39 Å². The molecule has 2 N–H and O–H groups in total. The number of ether oxygens (including phenoxy) is 1. The van der Waals surface area contributed by atoms with Crippen LogP contribution in [0.25, 0.3) is 0 Å². The van der Waals surface area contributed by atoms with Crippen molar-refractivity contribution in [3.8, 4) is 0 Å². The van der Waals surface area contributed by atoms with E-state index in [4.69, 9.17) is 10.5 Å². The zero-order valence-corrected chi connectivity index (χ0v) is 11.2. The summed E-state index contributed by atoms with van der Waals surface area (Å²) >= 11 is 0. The summed E-state index contributed by atoms with van der Waals surface area (Å²) in [5, 5.41) is 0. The van der Waals surface area contributed by atoms with Gasteiger partial charge >= 0.3 is 5.97 Å². The molecule has 2 rings (SSSR count). The molecule has 5 nitrogen and oxygen atoms in total. The van der Waals surface area contributed by atoms with Gasteiger partial charge in [0.25, 0.3) is 0 Å². The van der Waals surface area contributed by atoms with Gasteiger partial charge in [0.2, 0.25) is 5.91 Å². The number of carbonyl (C=O) groups excluding carboxylic acids is 2. The van der Waals surface area contributed by atoms with E-state index < -0.39 is 12.0 Å². The summed E-state index contributed by atoms with van der Waals surface area (Å²) in [4.78, 5) is 25.0. The highest BCUT2D eigenvalue weighted by atomic mass is 19.1. The van der Waals surface area contributed by atoms with Crippen LogP contribution in [-0.2, 0) is 14.3 Å². The van der Waals surface area contributed by atoms with Crippen molar-refractivity contribution < 1.29 is 18.7 Å². The predicted octanol–water partition coefficient (Wildman–Crippen LogP) is 0.847. The average Bonchev–Trinajstić information content (AvgIpc) is 2.90. The van der Waals surface area contributed by atoms with Crippen LogP contribution in [0, 0.1) is 11.7 Å². The molecule has 0 spiro atoms. The summed E-state index contributed by atoms with van der Waals surface area (Å²) in [5.41, 5.74) is 5.94. The normalized spacial score (nSPS) is 20.6. The maximum atomic E-state index is 13.0. The number of carbonyl (C=O) groups is 2. The summed E-state index contributed by atoms with van der Waals surface area (Å²) in [7, 11) is 1.31. The van der Waals surface area contributed by atoms with E-state index in [9.17, 15) is 14.0 Å². The van der Waals surface area contributed by atoms with Crippen LogP contribution in [0.15, 0.2) is 24.3 Å². The van der Waals surface area contributed by atoms with E-state index in [0.29, 0.717) is 25.1 Å². The minimum Gasteiger partial charge on any atom is -0.468 e. The van der Waals surface area contributed by atoms with E-state index in [1.807, 2.05) is 4.90 Å². The van der Waals surface area contributed by atoms with Crippen LogP contribution in [0.1, 0.15) is 18.0 Å². The van der Waals surface area contributed by atoms with Gasteiger partial charge in [-0.05, 0) is 24.1 Å². The van der Waals surface area contributed by atoms with Gasteiger partial charge in [-0.1, -0.05) is 12.1 Å². The smallest absolute Gasteiger partial charge is 0.327 e. The van der Waals surface area contributed by atoms with Crippen molar-refractivity contribution in [3.05, 3.63) is 35.6 Å². The molecule has 1 aliphatic rings. The van der Waals surface area contributed by atoms with Gasteiger partial charge in [-0.15, -0.1) is 0 Å². The quantitative estimate of drug-likeness (QED) is 0.830. The lowest BCUT2D eigenvalue weighted by molar-refractivity contribution is -0.147. The Morgan fingerprint density at radius 1 is 1.40 bits per heavy atom. The number of benzene rings is 1. The zero-order valence-electron chi connectivity index (χ0n) is 11.2. The van der Waals surface area contributed by atoms with Gasteiger partial charge in [0.1, 0.15) is 11.9 Å². The highest BCUT2D eigenvalue weighted by Gasteiger charge is 2.36. The molecule has 1 fully saturated rings. The number of rotatable bonds is 4. The Morgan fingerprint density at radius 3 is 2.55 bits per heavy atom. The van der Waals surface area contributed by atoms with Gasteiger partial charge in [-0.3, -0.25) is 9.69 Å². The molecule has 1 aliphatic heterocycles. The van der Waals surface area contributed by atoms with Gasteiger partial charge in [0.05, 0.1) is 13.0 Å². The lowest BCUT2D eigenvalue weighted by Crippen LogP contribution is -2.35. The third kappa shape index (κ3) is 2.96. The number of primary amides is 1. The number of likely N-dealkylation sites (tertiary alicyclic amines) is 1. The lowest BCUT2D eigenvalue weighted by atomic mass is 10.1. The second kappa shape index (κ2) is 6.00. The highest BCUT2D eigenvalue weighted by Crippen LogP contribution is 2.28. The molecular formula is C14H17FN2O3. The third-order valence-electron chi connectivity index (χ3n) is 3.60. The Labute approximate surface area is 116 Å². The molecule has 1 heterocycles. The van der Waals surface area contributed by atoms with Crippen molar-refractivity contribution in [2.45, 2.75) is 12.5 Å². The number of nitrogens with zero attached hydrogens (tertiary/aromatic N) is 1. The second-order valence-corrected chi connectivity index (χ2v) is 4.86. The molecule has 20 heavy (non-hydrogen) atoms. The number of amides is 1. The minimum atomic E-state index is -0.634. The molecule has 1 saturated heterocycles. The summed E-state index contributed by atoms with van der Waals surface area (Å²) in [6.07, 6.45) is 0.615. The molecule has 1 amide bonds. The first kappa shape index (κ1) is 14.5. The van der Waals surface area contributed by atoms with Crippen LogP contribution < -0.4 is 5.73 Å². The SMILES string of the molecule is COC(=O)[C@@H](c1ccc(F)cc1)N1CC[C@@H](C(N)=O)C1. The Kier molecular flexibility index (Phi) is 4.34. The van der Waals surface area contributed by atoms with E-state index >= 15 is 0 Å². The first-order valence-electron chi connectivity index (χ1n) is 6.39. The van der Waals surface area contributed by atoms with Crippen LogP contribution in [0.5, 0.6) is 0 Å². The number of nitrogens with two attached hydrogens (primary N) is 1. The Hall–Kier alpha value is -1.95. The summed E-state index contributed by atoms with van der Waals surface area (Å²) in [5.74, 6) is -1.42. The zero-order chi connectivity index (χ0) is 14.7. The maximum Gasteiger partial charge on any atom is 0.327 e. The molecule has 0 aliphatic carbocycles. The average molecular weight is 280 g/mol. The number of halogens is 1. The van der Waals surface area contributed by atoms with E-state index in [-0.39, 0.29) is 17.6 Å². The lowest BCUT2D eigenvalue weighted by Gasteiger charge is -2.25. The van der Waals surface area contributed by atoms with Crippen molar-refractivity contribution >= 4 is 11.9 Å².